The number of ether oxygens (including phenoxy) is 2. The molecule has 0 amide bonds. The van der Waals surface area contributed by atoms with Crippen LogP contribution in [0.25, 0.3) is 0 Å². The van der Waals surface area contributed by atoms with Gasteiger partial charge in [-0.1, -0.05) is 18.2 Å². The molecule has 1 unspecified atom stereocenters. The number of hydrogen-bond acceptors (Lipinski definition) is 4. The molecule has 2 aliphatic rings. The maximum absolute atomic E-state index is 6.01. The topological polar surface area (TPSA) is 30.5 Å². The first-order valence-corrected chi connectivity index (χ1v) is 7.24. The molecule has 0 aliphatic carbocycles. The third-order valence-corrected chi connectivity index (χ3v) is 4.31. The Morgan fingerprint density at radius 2 is 2.18 bits per heavy atom. The third kappa shape index (κ3) is 2.59. The Morgan fingerprint density at radius 1 is 1.29 bits per heavy atom. The number of benzene rings is 1. The minimum Gasteiger partial charge on any atom is -0.488 e. The van der Waals surface area contributed by atoms with Crippen LogP contribution in [-0.4, -0.2) is 37.3 Å². The van der Waals surface area contributed by atoms with Gasteiger partial charge in [-0.25, -0.2) is 0 Å². The number of hydrogen-bond donors (Lipinski definition) is 1. The fourth-order valence-corrected chi connectivity index (χ4v) is 2.64. The van der Waals surface area contributed by atoms with Gasteiger partial charge >= 0.3 is 0 Å². The summed E-state index contributed by atoms with van der Waals surface area (Å²) >= 11 is 1.94. The van der Waals surface area contributed by atoms with Crippen molar-refractivity contribution < 1.29 is 9.47 Å². The number of rotatable bonds is 3. The van der Waals surface area contributed by atoms with Crippen LogP contribution in [0, 0.1) is 0 Å². The molecule has 0 saturated carbocycles. The van der Waals surface area contributed by atoms with Gasteiger partial charge in [0.1, 0.15) is 11.9 Å². The second-order valence-electron chi connectivity index (χ2n) is 4.38. The SMILES string of the molecule is c1ccc(C2CNCCO2)c(OC2CSC2)c1. The molecule has 2 fully saturated rings. The van der Waals surface area contributed by atoms with Gasteiger partial charge in [0.2, 0.25) is 0 Å². The largest absolute Gasteiger partial charge is 0.488 e. The maximum Gasteiger partial charge on any atom is 0.125 e. The van der Waals surface area contributed by atoms with Crippen molar-refractivity contribution in [1.29, 1.82) is 0 Å². The van der Waals surface area contributed by atoms with Crippen molar-refractivity contribution in [1.82, 2.24) is 5.32 Å². The molecule has 2 saturated heterocycles. The van der Waals surface area contributed by atoms with E-state index in [4.69, 9.17) is 9.47 Å². The third-order valence-electron chi connectivity index (χ3n) is 3.09. The highest BCUT2D eigenvalue weighted by atomic mass is 32.2. The van der Waals surface area contributed by atoms with Crippen molar-refractivity contribution in [2.24, 2.45) is 0 Å². The van der Waals surface area contributed by atoms with Crippen LogP contribution in [0.5, 0.6) is 5.75 Å². The second kappa shape index (κ2) is 5.29. The molecular formula is C13H17NO2S. The molecule has 1 atom stereocenters. The average Bonchev–Trinajstić information content (AvgIpc) is 2.35. The summed E-state index contributed by atoms with van der Waals surface area (Å²) in [5.41, 5.74) is 1.18. The van der Waals surface area contributed by atoms with Gasteiger partial charge in [-0.3, -0.25) is 0 Å². The Hall–Kier alpha value is -0.710. The molecule has 0 spiro atoms. The molecule has 3 rings (SSSR count). The molecule has 92 valence electrons. The molecule has 17 heavy (non-hydrogen) atoms. The molecule has 4 heteroatoms. The van der Waals surface area contributed by atoms with Crippen LogP contribution >= 0.6 is 11.8 Å². The van der Waals surface area contributed by atoms with Gasteiger partial charge in [-0.15, -0.1) is 0 Å². The van der Waals surface area contributed by atoms with Gasteiger partial charge in [-0.05, 0) is 6.07 Å². The first-order chi connectivity index (χ1) is 8.43. The van der Waals surface area contributed by atoms with Crippen LogP contribution in [0.15, 0.2) is 24.3 Å². The van der Waals surface area contributed by atoms with Crippen molar-refractivity contribution >= 4 is 11.8 Å². The number of nitrogens with one attached hydrogen (secondary N) is 1. The summed E-state index contributed by atoms with van der Waals surface area (Å²) in [5.74, 6) is 3.21. The Bertz CT molecular complexity index is 375. The van der Waals surface area contributed by atoms with Crippen LogP contribution in [-0.2, 0) is 4.74 Å². The average molecular weight is 251 g/mol. The fourth-order valence-electron chi connectivity index (χ4n) is 2.08. The van der Waals surface area contributed by atoms with E-state index in [1.54, 1.807) is 0 Å². The summed E-state index contributed by atoms with van der Waals surface area (Å²) in [6.45, 7) is 2.59. The molecule has 0 aromatic heterocycles. The van der Waals surface area contributed by atoms with E-state index in [2.05, 4.69) is 23.5 Å². The summed E-state index contributed by atoms with van der Waals surface area (Å²) in [6, 6.07) is 8.24. The predicted molar refractivity (Wildman–Crippen MR) is 69.7 cm³/mol. The highest BCUT2D eigenvalue weighted by molar-refractivity contribution is 8.00. The summed E-state index contributed by atoms with van der Waals surface area (Å²) in [4.78, 5) is 0. The van der Waals surface area contributed by atoms with Gasteiger partial charge in [0, 0.05) is 30.2 Å². The lowest BCUT2D eigenvalue weighted by atomic mass is 10.1. The molecule has 2 aliphatic heterocycles. The Morgan fingerprint density at radius 3 is 2.88 bits per heavy atom. The number of para-hydroxylation sites is 1. The zero-order valence-electron chi connectivity index (χ0n) is 9.72. The van der Waals surface area contributed by atoms with E-state index in [0.717, 1.165) is 37.0 Å². The van der Waals surface area contributed by atoms with Crippen LogP contribution in [0.2, 0.25) is 0 Å². The molecule has 1 aromatic rings. The van der Waals surface area contributed by atoms with E-state index in [9.17, 15) is 0 Å². The standard InChI is InChI=1S/C13H17NO2S/c1-2-4-12(16-10-8-17-9-10)11(3-1)13-7-14-5-6-15-13/h1-4,10,13-14H,5-9H2. The first kappa shape index (κ1) is 11.4. The lowest BCUT2D eigenvalue weighted by Crippen LogP contribution is -2.35. The Balaban J connectivity index is 1.76. The van der Waals surface area contributed by atoms with Crippen molar-refractivity contribution in [3.63, 3.8) is 0 Å². The zero-order valence-corrected chi connectivity index (χ0v) is 10.5. The Kier molecular flexibility index (Phi) is 3.54. The van der Waals surface area contributed by atoms with E-state index >= 15 is 0 Å². The molecule has 0 bridgehead atoms. The monoisotopic (exact) mass is 251 g/mol. The lowest BCUT2D eigenvalue weighted by molar-refractivity contribution is 0.0253. The molecule has 1 aromatic carbocycles. The summed E-state index contributed by atoms with van der Waals surface area (Å²) in [5, 5.41) is 3.36. The quantitative estimate of drug-likeness (QED) is 0.888. The van der Waals surface area contributed by atoms with E-state index in [-0.39, 0.29) is 6.10 Å². The molecule has 1 N–H and O–H groups in total. The zero-order chi connectivity index (χ0) is 11.5. The van der Waals surface area contributed by atoms with Crippen molar-refractivity contribution in [2.75, 3.05) is 31.2 Å². The van der Waals surface area contributed by atoms with E-state index in [1.165, 1.54) is 5.56 Å². The highest BCUT2D eigenvalue weighted by Crippen LogP contribution is 2.31. The van der Waals surface area contributed by atoms with Gasteiger partial charge in [0.05, 0.1) is 12.7 Å². The Labute approximate surface area is 106 Å². The smallest absolute Gasteiger partial charge is 0.125 e. The van der Waals surface area contributed by atoms with Crippen LogP contribution in [0.3, 0.4) is 0 Å². The molecular weight excluding hydrogens is 234 g/mol. The van der Waals surface area contributed by atoms with Crippen molar-refractivity contribution in [2.45, 2.75) is 12.2 Å². The fraction of sp³-hybridized carbons (Fsp3) is 0.538. The summed E-state index contributed by atoms with van der Waals surface area (Å²) < 4.78 is 11.8. The van der Waals surface area contributed by atoms with Gasteiger partial charge in [0.15, 0.2) is 0 Å². The minimum absolute atomic E-state index is 0.132. The van der Waals surface area contributed by atoms with Gasteiger partial charge < -0.3 is 14.8 Å². The number of morpholine rings is 1. The second-order valence-corrected chi connectivity index (χ2v) is 5.45. The molecule has 0 radical (unpaired) electrons. The van der Waals surface area contributed by atoms with Gasteiger partial charge in [0.25, 0.3) is 0 Å². The van der Waals surface area contributed by atoms with Crippen molar-refractivity contribution in [3.05, 3.63) is 29.8 Å². The minimum atomic E-state index is 0.132. The summed E-state index contributed by atoms with van der Waals surface area (Å²) in [6.07, 6.45) is 0.519. The van der Waals surface area contributed by atoms with E-state index in [0.29, 0.717) is 6.10 Å². The number of thioether (sulfide) groups is 1. The summed E-state index contributed by atoms with van der Waals surface area (Å²) in [7, 11) is 0. The highest BCUT2D eigenvalue weighted by Gasteiger charge is 2.24. The molecule has 3 nitrogen and oxygen atoms in total. The van der Waals surface area contributed by atoms with Crippen LogP contribution in [0.4, 0.5) is 0 Å². The predicted octanol–water partition coefficient (Wildman–Crippen LogP) is 1.84. The van der Waals surface area contributed by atoms with Crippen molar-refractivity contribution in [3.8, 4) is 5.75 Å². The van der Waals surface area contributed by atoms with Crippen LogP contribution in [0.1, 0.15) is 11.7 Å². The first-order valence-electron chi connectivity index (χ1n) is 6.09. The van der Waals surface area contributed by atoms with E-state index < -0.39 is 0 Å². The normalized spacial score (nSPS) is 25.3. The van der Waals surface area contributed by atoms with E-state index in [1.807, 2.05) is 17.8 Å². The lowest BCUT2D eigenvalue weighted by Gasteiger charge is -2.30. The molecule has 2 heterocycles. The van der Waals surface area contributed by atoms with Gasteiger partial charge in [-0.2, -0.15) is 11.8 Å². The van der Waals surface area contributed by atoms with Crippen LogP contribution < -0.4 is 10.1 Å². The maximum atomic E-state index is 6.01.